The third-order valence-corrected chi connectivity index (χ3v) is 3.42. The van der Waals surface area contributed by atoms with E-state index in [1.54, 1.807) is 19.2 Å². The van der Waals surface area contributed by atoms with Crippen LogP contribution in [0.4, 0.5) is 5.82 Å². The average molecular weight is 390 g/mol. The molecule has 0 atom stereocenters. The first-order valence-corrected chi connectivity index (χ1v) is 6.72. The second-order valence-electron chi connectivity index (χ2n) is 3.41. The molecule has 8 heteroatoms. The van der Waals surface area contributed by atoms with E-state index in [0.717, 1.165) is 8.95 Å². The highest BCUT2D eigenvalue weighted by molar-refractivity contribution is 9.11. The normalized spacial score (nSPS) is 10.1. The number of hydrogen-bond acceptors (Lipinski definition) is 6. The van der Waals surface area contributed by atoms with Crippen molar-refractivity contribution >= 4 is 37.7 Å². The molecule has 2 rings (SSSR count). The van der Waals surface area contributed by atoms with E-state index in [9.17, 15) is 0 Å². The molecule has 0 bridgehead atoms. The van der Waals surface area contributed by atoms with Gasteiger partial charge in [0.05, 0.1) is 28.4 Å². The standard InChI is InChI=1S/C11H10Br2N4O2/c1-18-8-2-7(13)9(3-6(8)12)19-11-5-15-4-10(16-11)17-14/h2-5H,14H2,1H3,(H,16,17). The fraction of sp³-hybridized carbons (Fsp3) is 0.0909. The molecule has 19 heavy (non-hydrogen) atoms. The van der Waals surface area contributed by atoms with Crippen LogP contribution in [0.2, 0.25) is 0 Å². The Morgan fingerprint density at radius 3 is 2.53 bits per heavy atom. The smallest absolute Gasteiger partial charge is 0.239 e. The van der Waals surface area contributed by atoms with Gasteiger partial charge in [0, 0.05) is 0 Å². The lowest BCUT2D eigenvalue weighted by molar-refractivity contribution is 0.408. The van der Waals surface area contributed by atoms with Gasteiger partial charge in [0.2, 0.25) is 5.88 Å². The van der Waals surface area contributed by atoms with Crippen molar-refractivity contribution in [3.05, 3.63) is 33.5 Å². The van der Waals surface area contributed by atoms with Crippen LogP contribution >= 0.6 is 31.9 Å². The molecule has 3 N–H and O–H groups in total. The highest BCUT2D eigenvalue weighted by atomic mass is 79.9. The summed E-state index contributed by atoms with van der Waals surface area (Å²) >= 11 is 6.79. The highest BCUT2D eigenvalue weighted by Gasteiger charge is 2.10. The van der Waals surface area contributed by atoms with Gasteiger partial charge in [-0.3, -0.25) is 4.98 Å². The SMILES string of the molecule is COc1cc(Br)c(Oc2cncc(NN)n2)cc1Br. The third-order valence-electron chi connectivity index (χ3n) is 2.18. The molecule has 0 aliphatic heterocycles. The van der Waals surface area contributed by atoms with Crippen LogP contribution in [-0.2, 0) is 0 Å². The molecule has 6 nitrogen and oxygen atoms in total. The van der Waals surface area contributed by atoms with E-state index in [2.05, 4.69) is 47.3 Å². The molecule has 100 valence electrons. The molecule has 1 aromatic carbocycles. The van der Waals surface area contributed by atoms with Crippen LogP contribution in [0.3, 0.4) is 0 Å². The third kappa shape index (κ3) is 3.34. The average Bonchev–Trinajstić information content (AvgIpc) is 2.42. The number of halogens is 2. The molecule has 0 fully saturated rings. The molecule has 0 aliphatic rings. The first-order valence-electron chi connectivity index (χ1n) is 5.13. The van der Waals surface area contributed by atoms with Gasteiger partial charge in [-0.25, -0.2) is 5.84 Å². The number of aromatic nitrogens is 2. The summed E-state index contributed by atoms with van der Waals surface area (Å²) in [5.74, 6) is 7.28. The number of rotatable bonds is 4. The lowest BCUT2D eigenvalue weighted by atomic mass is 10.3. The maximum absolute atomic E-state index is 5.63. The van der Waals surface area contributed by atoms with E-state index >= 15 is 0 Å². The van der Waals surface area contributed by atoms with E-state index < -0.39 is 0 Å². The predicted molar refractivity (Wildman–Crippen MR) is 78.3 cm³/mol. The van der Waals surface area contributed by atoms with Gasteiger partial charge in [-0.2, -0.15) is 4.98 Å². The summed E-state index contributed by atoms with van der Waals surface area (Å²) in [7, 11) is 1.59. The molecule has 0 aliphatic carbocycles. The maximum atomic E-state index is 5.63. The first-order chi connectivity index (χ1) is 9.13. The van der Waals surface area contributed by atoms with Crippen molar-refractivity contribution in [3.63, 3.8) is 0 Å². The van der Waals surface area contributed by atoms with E-state index in [1.807, 2.05) is 0 Å². The van der Waals surface area contributed by atoms with Crippen molar-refractivity contribution in [1.29, 1.82) is 0 Å². The van der Waals surface area contributed by atoms with E-state index in [1.165, 1.54) is 12.4 Å². The number of hydrazine groups is 1. The minimum atomic E-state index is 0.327. The number of benzene rings is 1. The van der Waals surface area contributed by atoms with Crippen molar-refractivity contribution < 1.29 is 9.47 Å². The molecule has 1 aromatic heterocycles. The summed E-state index contributed by atoms with van der Waals surface area (Å²) in [5, 5.41) is 0. The van der Waals surface area contributed by atoms with Crippen LogP contribution in [0, 0.1) is 0 Å². The van der Waals surface area contributed by atoms with Gasteiger partial charge in [0.25, 0.3) is 0 Å². The Labute approximate surface area is 126 Å². The van der Waals surface area contributed by atoms with Crippen LogP contribution in [-0.4, -0.2) is 17.1 Å². The number of nitrogens with two attached hydrogens (primary N) is 1. The summed E-state index contributed by atoms with van der Waals surface area (Å²) < 4.78 is 12.3. The molecule has 0 unspecified atom stereocenters. The van der Waals surface area contributed by atoms with Gasteiger partial charge in [0.1, 0.15) is 11.5 Å². The van der Waals surface area contributed by atoms with Crippen LogP contribution in [0.15, 0.2) is 33.5 Å². The van der Waals surface area contributed by atoms with Gasteiger partial charge >= 0.3 is 0 Å². The Hall–Kier alpha value is -1.38. The Balaban J connectivity index is 2.30. The molecular formula is C11H10Br2N4O2. The highest BCUT2D eigenvalue weighted by Crippen LogP contribution is 2.37. The van der Waals surface area contributed by atoms with Gasteiger partial charge in [-0.05, 0) is 44.0 Å². The number of nitrogens with one attached hydrogen (secondary N) is 1. The summed E-state index contributed by atoms with van der Waals surface area (Å²) in [4.78, 5) is 8.07. The Morgan fingerprint density at radius 2 is 1.84 bits per heavy atom. The number of hydrogen-bond donors (Lipinski definition) is 2. The monoisotopic (exact) mass is 388 g/mol. The Morgan fingerprint density at radius 1 is 1.16 bits per heavy atom. The van der Waals surface area contributed by atoms with Gasteiger partial charge < -0.3 is 14.9 Å². The molecular weight excluding hydrogens is 380 g/mol. The molecule has 0 spiro atoms. The number of anilines is 1. The van der Waals surface area contributed by atoms with Gasteiger partial charge in [0.15, 0.2) is 5.82 Å². The maximum Gasteiger partial charge on any atom is 0.239 e. The zero-order valence-corrected chi connectivity index (χ0v) is 13.0. The lowest BCUT2D eigenvalue weighted by Crippen LogP contribution is -2.09. The number of methoxy groups -OCH3 is 1. The molecule has 2 aromatic rings. The van der Waals surface area contributed by atoms with E-state index in [4.69, 9.17) is 15.3 Å². The van der Waals surface area contributed by atoms with Gasteiger partial charge in [-0.15, -0.1) is 0 Å². The largest absolute Gasteiger partial charge is 0.496 e. The number of nitrogen functional groups attached to an aromatic ring is 1. The van der Waals surface area contributed by atoms with Crippen LogP contribution in [0.1, 0.15) is 0 Å². The topological polar surface area (TPSA) is 82.3 Å². The summed E-state index contributed by atoms with van der Waals surface area (Å²) in [6.45, 7) is 0. The molecule has 0 radical (unpaired) electrons. The van der Waals surface area contributed by atoms with Crippen molar-refractivity contribution in [2.45, 2.75) is 0 Å². The number of ether oxygens (including phenoxy) is 2. The Bertz CT molecular complexity index is 595. The zero-order valence-electron chi connectivity index (χ0n) is 9.85. The van der Waals surface area contributed by atoms with Crippen molar-refractivity contribution in [1.82, 2.24) is 9.97 Å². The van der Waals surface area contributed by atoms with Crippen molar-refractivity contribution in [2.75, 3.05) is 12.5 Å². The van der Waals surface area contributed by atoms with E-state index in [0.29, 0.717) is 23.2 Å². The fourth-order valence-corrected chi connectivity index (χ4v) is 2.21. The van der Waals surface area contributed by atoms with Crippen molar-refractivity contribution in [3.8, 4) is 17.4 Å². The molecule has 0 saturated heterocycles. The summed E-state index contributed by atoms with van der Waals surface area (Å²) in [6, 6.07) is 3.56. The quantitative estimate of drug-likeness (QED) is 0.617. The van der Waals surface area contributed by atoms with Crippen molar-refractivity contribution in [2.24, 2.45) is 5.84 Å². The Kier molecular flexibility index (Phi) is 4.56. The lowest BCUT2D eigenvalue weighted by Gasteiger charge is -2.10. The second-order valence-corrected chi connectivity index (χ2v) is 5.11. The number of nitrogens with zero attached hydrogens (tertiary/aromatic N) is 2. The van der Waals surface area contributed by atoms with Gasteiger partial charge in [-0.1, -0.05) is 0 Å². The summed E-state index contributed by atoms with van der Waals surface area (Å²) in [5.41, 5.74) is 2.40. The molecule has 0 amide bonds. The molecule has 0 saturated carbocycles. The van der Waals surface area contributed by atoms with Crippen LogP contribution < -0.4 is 20.7 Å². The predicted octanol–water partition coefficient (Wildman–Crippen LogP) is 3.09. The minimum absolute atomic E-state index is 0.327. The zero-order chi connectivity index (χ0) is 13.8. The van der Waals surface area contributed by atoms with E-state index in [-0.39, 0.29) is 0 Å². The minimum Gasteiger partial charge on any atom is -0.496 e. The fourth-order valence-electron chi connectivity index (χ4n) is 1.32. The van der Waals surface area contributed by atoms with Crippen LogP contribution in [0.25, 0.3) is 0 Å². The second kappa shape index (κ2) is 6.18. The first kappa shape index (κ1) is 14.0. The summed E-state index contributed by atoms with van der Waals surface area (Å²) in [6.07, 6.45) is 2.98. The molecule has 1 heterocycles. The van der Waals surface area contributed by atoms with Crippen LogP contribution in [0.5, 0.6) is 17.4 Å².